The van der Waals surface area contributed by atoms with Crippen LogP contribution in [0, 0.1) is 0 Å². The lowest BCUT2D eigenvalue weighted by Gasteiger charge is -2.31. The summed E-state index contributed by atoms with van der Waals surface area (Å²) in [6.07, 6.45) is 3.02. The number of rotatable bonds is 6. The number of pyridine rings is 1. The van der Waals surface area contributed by atoms with Gasteiger partial charge in [-0.15, -0.1) is 0 Å². The molecule has 202 valence electrons. The second-order valence-electron chi connectivity index (χ2n) is 11.1. The Morgan fingerprint density at radius 1 is 1.05 bits per heavy atom. The van der Waals surface area contributed by atoms with Gasteiger partial charge in [-0.25, -0.2) is 0 Å². The zero-order chi connectivity index (χ0) is 27.9. The second-order valence-corrected chi connectivity index (χ2v) is 11.1. The highest BCUT2D eigenvalue weighted by Gasteiger charge is 2.40. The molecule has 0 spiro atoms. The molecule has 0 atom stereocenters. The van der Waals surface area contributed by atoms with Gasteiger partial charge in [0, 0.05) is 36.4 Å². The van der Waals surface area contributed by atoms with E-state index in [0.29, 0.717) is 24.3 Å². The average Bonchev–Trinajstić information content (AvgIpc) is 3.23. The molecule has 8 heteroatoms. The summed E-state index contributed by atoms with van der Waals surface area (Å²) < 4.78 is 12.4. The molecule has 0 unspecified atom stereocenters. The fourth-order valence-electron chi connectivity index (χ4n) is 5.35. The first-order chi connectivity index (χ1) is 18.5. The number of aromatic nitrogens is 1. The van der Waals surface area contributed by atoms with E-state index in [4.69, 9.17) is 14.5 Å². The summed E-state index contributed by atoms with van der Waals surface area (Å²) in [6.45, 7) is 10.9. The Balaban J connectivity index is 1.66. The van der Waals surface area contributed by atoms with Crippen molar-refractivity contribution < 1.29 is 19.1 Å². The first-order valence-electron chi connectivity index (χ1n) is 13.2. The van der Waals surface area contributed by atoms with Crippen LogP contribution in [0.2, 0.25) is 0 Å². The fraction of sp³-hybridized carbons (Fsp3) is 0.355. The van der Waals surface area contributed by atoms with Crippen LogP contribution in [-0.4, -0.2) is 47.3 Å². The summed E-state index contributed by atoms with van der Waals surface area (Å²) in [5.41, 5.74) is 5.09. The molecule has 0 aliphatic carbocycles. The Morgan fingerprint density at radius 2 is 1.85 bits per heavy atom. The molecule has 2 aliphatic heterocycles. The van der Waals surface area contributed by atoms with Gasteiger partial charge >= 0.3 is 0 Å². The van der Waals surface area contributed by atoms with Gasteiger partial charge in [0.25, 0.3) is 11.8 Å². The van der Waals surface area contributed by atoms with E-state index in [0.717, 1.165) is 45.9 Å². The lowest BCUT2D eigenvalue weighted by molar-refractivity contribution is 0.0964. The standard InChI is InChI=1S/C31H34N4O4/c1-7-38-24-15-19-16-30(2,3)35-26(25(19)21-17-31(4,5)39-27(21)24)18-11-12-20(28(36)32-6)23(14-18)34-29(37)22-10-8-9-13-33-22/h8-15H,7,16-17H2,1-6H3,(H,32,36)(H,34,37). The Labute approximate surface area is 228 Å². The van der Waals surface area contributed by atoms with E-state index < -0.39 is 5.91 Å². The van der Waals surface area contributed by atoms with Gasteiger partial charge in [-0.3, -0.25) is 19.6 Å². The quantitative estimate of drug-likeness (QED) is 0.472. The van der Waals surface area contributed by atoms with E-state index in [2.05, 4.69) is 49.4 Å². The van der Waals surface area contributed by atoms with Crippen LogP contribution in [0.15, 0.2) is 53.7 Å². The number of ether oxygens (including phenoxy) is 2. The van der Waals surface area contributed by atoms with Crippen LogP contribution in [0.25, 0.3) is 0 Å². The highest BCUT2D eigenvalue weighted by Crippen LogP contribution is 2.48. The summed E-state index contributed by atoms with van der Waals surface area (Å²) in [5, 5.41) is 5.55. The van der Waals surface area contributed by atoms with Crippen LogP contribution in [-0.2, 0) is 12.8 Å². The number of aliphatic imine (C=N–C) groups is 1. The number of hydrogen-bond acceptors (Lipinski definition) is 6. The van der Waals surface area contributed by atoms with Gasteiger partial charge in [0.15, 0.2) is 11.5 Å². The maximum atomic E-state index is 13.0. The zero-order valence-corrected chi connectivity index (χ0v) is 23.3. The monoisotopic (exact) mass is 526 g/mol. The Hall–Kier alpha value is -4.20. The normalized spacial score (nSPS) is 16.3. The number of carbonyl (C=O) groups is 2. The molecule has 2 amide bonds. The summed E-state index contributed by atoms with van der Waals surface area (Å²) in [7, 11) is 1.56. The lowest BCUT2D eigenvalue weighted by atomic mass is 9.80. The molecular weight excluding hydrogens is 492 g/mol. The number of nitrogens with zero attached hydrogens (tertiary/aromatic N) is 2. The van der Waals surface area contributed by atoms with Crippen LogP contribution in [0.1, 0.15) is 77.7 Å². The molecule has 0 radical (unpaired) electrons. The maximum absolute atomic E-state index is 13.0. The molecule has 0 bridgehead atoms. The third-order valence-corrected chi connectivity index (χ3v) is 6.89. The number of hydrogen-bond donors (Lipinski definition) is 2. The molecule has 0 saturated heterocycles. The predicted molar refractivity (Wildman–Crippen MR) is 151 cm³/mol. The Bertz CT molecular complexity index is 1490. The molecule has 2 aromatic carbocycles. The molecule has 3 heterocycles. The minimum atomic E-state index is -0.401. The fourth-order valence-corrected chi connectivity index (χ4v) is 5.35. The van der Waals surface area contributed by atoms with Gasteiger partial charge in [-0.2, -0.15) is 0 Å². The molecule has 39 heavy (non-hydrogen) atoms. The van der Waals surface area contributed by atoms with Crippen molar-refractivity contribution >= 4 is 23.2 Å². The minimum absolute atomic E-state index is 0.257. The molecule has 8 nitrogen and oxygen atoms in total. The van der Waals surface area contributed by atoms with Crippen LogP contribution < -0.4 is 20.1 Å². The lowest BCUT2D eigenvalue weighted by Crippen LogP contribution is -2.31. The van der Waals surface area contributed by atoms with Crippen LogP contribution in [0.5, 0.6) is 11.5 Å². The predicted octanol–water partition coefficient (Wildman–Crippen LogP) is 4.98. The number of nitrogens with one attached hydrogen (secondary N) is 2. The van der Waals surface area contributed by atoms with E-state index in [9.17, 15) is 9.59 Å². The first-order valence-corrected chi connectivity index (χ1v) is 13.2. The minimum Gasteiger partial charge on any atom is -0.490 e. The summed E-state index contributed by atoms with van der Waals surface area (Å²) in [4.78, 5) is 35.1. The van der Waals surface area contributed by atoms with Crippen molar-refractivity contribution in [2.24, 2.45) is 4.99 Å². The van der Waals surface area contributed by atoms with Crippen molar-refractivity contribution in [2.75, 3.05) is 19.0 Å². The van der Waals surface area contributed by atoms with Crippen LogP contribution in [0.4, 0.5) is 5.69 Å². The summed E-state index contributed by atoms with van der Waals surface area (Å²) in [5.74, 6) is 0.814. The van der Waals surface area contributed by atoms with Crippen molar-refractivity contribution in [1.82, 2.24) is 10.3 Å². The number of benzene rings is 2. The van der Waals surface area contributed by atoms with Crippen molar-refractivity contribution in [3.8, 4) is 11.5 Å². The Kier molecular flexibility index (Phi) is 6.66. The van der Waals surface area contributed by atoms with Crippen LogP contribution >= 0.6 is 0 Å². The topological polar surface area (TPSA) is 102 Å². The third kappa shape index (κ3) is 5.11. The highest BCUT2D eigenvalue weighted by atomic mass is 16.5. The van der Waals surface area contributed by atoms with E-state index in [1.54, 1.807) is 37.5 Å². The van der Waals surface area contributed by atoms with E-state index in [1.807, 2.05) is 19.1 Å². The molecule has 0 fully saturated rings. The number of fused-ring (bicyclic) bond motifs is 3. The van der Waals surface area contributed by atoms with Gasteiger partial charge in [0.2, 0.25) is 0 Å². The Morgan fingerprint density at radius 3 is 2.54 bits per heavy atom. The number of amides is 2. The third-order valence-electron chi connectivity index (χ3n) is 6.89. The smallest absolute Gasteiger partial charge is 0.274 e. The van der Waals surface area contributed by atoms with Crippen LogP contribution in [0.3, 0.4) is 0 Å². The van der Waals surface area contributed by atoms with Crippen molar-refractivity contribution in [1.29, 1.82) is 0 Å². The van der Waals surface area contributed by atoms with E-state index in [-0.39, 0.29) is 22.7 Å². The highest BCUT2D eigenvalue weighted by molar-refractivity contribution is 6.18. The molecule has 2 N–H and O–H groups in total. The zero-order valence-electron chi connectivity index (χ0n) is 23.3. The van der Waals surface area contributed by atoms with Gasteiger partial charge in [-0.05, 0) is 76.9 Å². The summed E-state index contributed by atoms with van der Waals surface area (Å²) in [6, 6.07) is 12.6. The summed E-state index contributed by atoms with van der Waals surface area (Å²) >= 11 is 0. The molecule has 0 saturated carbocycles. The first kappa shape index (κ1) is 26.4. The van der Waals surface area contributed by atoms with Gasteiger partial charge < -0.3 is 20.1 Å². The maximum Gasteiger partial charge on any atom is 0.274 e. The average molecular weight is 527 g/mol. The number of carbonyl (C=O) groups excluding carboxylic acids is 2. The van der Waals surface area contributed by atoms with Gasteiger partial charge in [0.05, 0.1) is 29.1 Å². The molecule has 5 rings (SSSR count). The molecule has 1 aromatic heterocycles. The van der Waals surface area contributed by atoms with Crippen molar-refractivity contribution in [3.05, 3.63) is 82.2 Å². The largest absolute Gasteiger partial charge is 0.490 e. The molecular formula is C31H34N4O4. The number of anilines is 1. The molecule has 3 aromatic rings. The molecule has 2 aliphatic rings. The van der Waals surface area contributed by atoms with Gasteiger partial charge in [0.1, 0.15) is 11.3 Å². The van der Waals surface area contributed by atoms with Gasteiger partial charge in [-0.1, -0.05) is 12.1 Å². The van der Waals surface area contributed by atoms with E-state index >= 15 is 0 Å². The van der Waals surface area contributed by atoms with Crippen molar-refractivity contribution in [3.63, 3.8) is 0 Å². The SMILES string of the molecule is CCOc1cc2c(c3c1OC(C)(C)C3)C(c1ccc(C(=O)NC)c(NC(=O)c3ccccn3)c1)=NC(C)(C)C2. The van der Waals surface area contributed by atoms with E-state index in [1.165, 1.54) is 0 Å². The second kappa shape index (κ2) is 9.84. The van der Waals surface area contributed by atoms with Crippen molar-refractivity contribution in [2.45, 2.75) is 58.6 Å².